The Morgan fingerprint density at radius 1 is 1.21 bits per heavy atom. The number of aliphatic hydroxyl groups is 1. The molecule has 2 nitrogen and oxygen atoms in total. The molecular formula is C16H19NOS. The number of benzene rings is 1. The van der Waals surface area contributed by atoms with Gasteiger partial charge in [0.1, 0.15) is 6.10 Å². The Morgan fingerprint density at radius 2 is 2.00 bits per heavy atom. The van der Waals surface area contributed by atoms with Gasteiger partial charge in [-0.2, -0.15) is 0 Å². The summed E-state index contributed by atoms with van der Waals surface area (Å²) in [5, 5.41) is 12.7. The van der Waals surface area contributed by atoms with Crippen molar-refractivity contribution in [1.82, 2.24) is 4.90 Å². The molecule has 19 heavy (non-hydrogen) atoms. The predicted octanol–water partition coefficient (Wildman–Crippen LogP) is 3.27. The number of likely N-dealkylation sites (N-methyl/N-ethyl adjacent to an activating group) is 1. The van der Waals surface area contributed by atoms with E-state index >= 15 is 0 Å². The molecule has 1 fully saturated rings. The highest BCUT2D eigenvalue weighted by molar-refractivity contribution is 7.10. The lowest BCUT2D eigenvalue weighted by molar-refractivity contribution is 0.0807. The largest absolute Gasteiger partial charge is 0.386 e. The SMILES string of the molecule is CN1CC[C@H](c2ccccc2)[C@@H]1[C@@H](O)c1cccs1. The topological polar surface area (TPSA) is 23.5 Å². The van der Waals surface area contributed by atoms with E-state index in [0.29, 0.717) is 5.92 Å². The zero-order valence-electron chi connectivity index (χ0n) is 11.1. The third kappa shape index (κ3) is 2.46. The van der Waals surface area contributed by atoms with Gasteiger partial charge in [0, 0.05) is 16.8 Å². The molecule has 1 aliphatic rings. The molecule has 1 saturated heterocycles. The fourth-order valence-electron chi connectivity index (χ4n) is 3.12. The number of thiophene rings is 1. The summed E-state index contributed by atoms with van der Waals surface area (Å²) in [6, 6.07) is 14.8. The number of likely N-dealkylation sites (tertiary alicyclic amines) is 1. The summed E-state index contributed by atoms with van der Waals surface area (Å²) in [6.45, 7) is 1.05. The first-order valence-electron chi connectivity index (χ1n) is 6.74. The Balaban J connectivity index is 1.89. The van der Waals surface area contributed by atoms with Crippen LogP contribution in [0.2, 0.25) is 0 Å². The molecule has 2 aromatic rings. The quantitative estimate of drug-likeness (QED) is 0.928. The predicted molar refractivity (Wildman–Crippen MR) is 79.5 cm³/mol. The zero-order valence-corrected chi connectivity index (χ0v) is 11.9. The van der Waals surface area contributed by atoms with Crippen molar-refractivity contribution in [2.45, 2.75) is 24.5 Å². The first kappa shape index (κ1) is 12.9. The van der Waals surface area contributed by atoms with Crippen molar-refractivity contribution in [3.05, 3.63) is 58.3 Å². The lowest BCUT2D eigenvalue weighted by atomic mass is 9.88. The van der Waals surface area contributed by atoms with E-state index in [2.05, 4.69) is 36.2 Å². The van der Waals surface area contributed by atoms with Gasteiger partial charge in [0.25, 0.3) is 0 Å². The Kier molecular flexibility index (Phi) is 3.69. The highest BCUT2D eigenvalue weighted by Gasteiger charge is 2.38. The lowest BCUT2D eigenvalue weighted by Gasteiger charge is -2.29. The third-order valence-corrected chi connectivity index (χ3v) is 5.04. The van der Waals surface area contributed by atoms with Gasteiger partial charge in [-0.25, -0.2) is 0 Å². The van der Waals surface area contributed by atoms with Crippen LogP contribution in [0.25, 0.3) is 0 Å². The molecule has 3 heteroatoms. The number of rotatable bonds is 3. The van der Waals surface area contributed by atoms with Crippen LogP contribution in [-0.4, -0.2) is 29.6 Å². The summed E-state index contributed by atoms with van der Waals surface area (Å²) in [4.78, 5) is 3.36. The Morgan fingerprint density at radius 3 is 2.68 bits per heavy atom. The third-order valence-electron chi connectivity index (χ3n) is 4.10. The summed E-state index contributed by atoms with van der Waals surface area (Å²) in [5.74, 6) is 0.420. The second-order valence-electron chi connectivity index (χ2n) is 5.24. The fourth-order valence-corrected chi connectivity index (χ4v) is 3.87. The molecule has 1 aromatic heterocycles. The van der Waals surface area contributed by atoms with Crippen LogP contribution in [0.15, 0.2) is 47.8 Å². The van der Waals surface area contributed by atoms with E-state index in [1.165, 1.54) is 5.56 Å². The molecule has 0 radical (unpaired) electrons. The number of hydrogen-bond acceptors (Lipinski definition) is 3. The minimum Gasteiger partial charge on any atom is -0.386 e. The average molecular weight is 273 g/mol. The molecule has 0 spiro atoms. The molecule has 0 aliphatic carbocycles. The van der Waals surface area contributed by atoms with Crippen LogP contribution >= 0.6 is 11.3 Å². The van der Waals surface area contributed by atoms with Gasteiger partial charge in [-0.05, 0) is 37.0 Å². The van der Waals surface area contributed by atoms with Gasteiger partial charge in [-0.15, -0.1) is 11.3 Å². The van der Waals surface area contributed by atoms with Gasteiger partial charge in [0.15, 0.2) is 0 Å². The maximum absolute atomic E-state index is 10.7. The minimum atomic E-state index is -0.391. The van der Waals surface area contributed by atoms with E-state index in [0.717, 1.165) is 17.8 Å². The maximum atomic E-state index is 10.7. The minimum absolute atomic E-state index is 0.182. The summed E-state index contributed by atoms with van der Waals surface area (Å²) in [7, 11) is 2.12. The molecule has 1 N–H and O–H groups in total. The van der Waals surface area contributed by atoms with Crippen LogP contribution in [0.4, 0.5) is 0 Å². The molecule has 1 aliphatic heterocycles. The number of hydrogen-bond donors (Lipinski definition) is 1. The molecule has 1 aromatic carbocycles. The van der Waals surface area contributed by atoms with Crippen LogP contribution in [-0.2, 0) is 0 Å². The van der Waals surface area contributed by atoms with E-state index in [4.69, 9.17) is 0 Å². The molecule has 0 amide bonds. The van der Waals surface area contributed by atoms with Crippen LogP contribution in [0, 0.1) is 0 Å². The Labute approximate surface area is 118 Å². The molecule has 3 atom stereocenters. The number of nitrogens with zero attached hydrogens (tertiary/aromatic N) is 1. The van der Waals surface area contributed by atoms with Crippen molar-refractivity contribution in [1.29, 1.82) is 0 Å². The molecule has 0 bridgehead atoms. The standard InChI is InChI=1S/C16H19NOS/c1-17-10-9-13(12-6-3-2-4-7-12)15(17)16(18)14-8-5-11-19-14/h2-8,11,13,15-16,18H,9-10H2,1H3/t13-,15-,16+/m1/s1. The lowest BCUT2D eigenvalue weighted by Crippen LogP contribution is -2.34. The molecule has 100 valence electrons. The first-order valence-corrected chi connectivity index (χ1v) is 7.62. The molecule has 3 rings (SSSR count). The number of aliphatic hydroxyl groups excluding tert-OH is 1. The van der Waals surface area contributed by atoms with E-state index in [9.17, 15) is 5.11 Å². The monoisotopic (exact) mass is 273 g/mol. The summed E-state index contributed by atoms with van der Waals surface area (Å²) < 4.78 is 0. The maximum Gasteiger partial charge on any atom is 0.104 e. The van der Waals surface area contributed by atoms with Crippen LogP contribution in [0.3, 0.4) is 0 Å². The van der Waals surface area contributed by atoms with Gasteiger partial charge in [0.2, 0.25) is 0 Å². The van der Waals surface area contributed by atoms with Crippen molar-refractivity contribution in [2.75, 3.05) is 13.6 Å². The van der Waals surface area contributed by atoms with E-state index < -0.39 is 6.10 Å². The highest BCUT2D eigenvalue weighted by atomic mass is 32.1. The van der Waals surface area contributed by atoms with E-state index in [1.54, 1.807) is 11.3 Å². The summed E-state index contributed by atoms with van der Waals surface area (Å²) in [6.07, 6.45) is 0.728. The van der Waals surface area contributed by atoms with Crippen molar-refractivity contribution in [2.24, 2.45) is 0 Å². The highest BCUT2D eigenvalue weighted by Crippen LogP contribution is 2.40. The normalized spacial score (nSPS) is 25.6. The van der Waals surface area contributed by atoms with Crippen LogP contribution in [0.1, 0.15) is 28.9 Å². The second-order valence-corrected chi connectivity index (χ2v) is 6.22. The summed E-state index contributed by atoms with van der Waals surface area (Å²) in [5.41, 5.74) is 1.34. The van der Waals surface area contributed by atoms with Gasteiger partial charge in [-0.3, -0.25) is 4.90 Å². The van der Waals surface area contributed by atoms with Gasteiger partial charge in [0.05, 0.1) is 0 Å². The zero-order chi connectivity index (χ0) is 13.2. The smallest absolute Gasteiger partial charge is 0.104 e. The van der Waals surface area contributed by atoms with Gasteiger partial charge in [-0.1, -0.05) is 36.4 Å². The fraction of sp³-hybridized carbons (Fsp3) is 0.375. The molecule has 2 heterocycles. The Bertz CT molecular complexity index is 511. The van der Waals surface area contributed by atoms with E-state index in [1.807, 2.05) is 23.6 Å². The van der Waals surface area contributed by atoms with Crippen molar-refractivity contribution in [3.8, 4) is 0 Å². The van der Waals surface area contributed by atoms with Crippen LogP contribution in [0.5, 0.6) is 0 Å². The van der Waals surface area contributed by atoms with E-state index in [-0.39, 0.29) is 6.04 Å². The van der Waals surface area contributed by atoms with Gasteiger partial charge < -0.3 is 5.11 Å². The average Bonchev–Trinajstić information content (AvgIpc) is 3.08. The molecular weight excluding hydrogens is 254 g/mol. The Hall–Kier alpha value is -1.16. The van der Waals surface area contributed by atoms with Crippen molar-refractivity contribution < 1.29 is 5.11 Å². The second kappa shape index (κ2) is 5.45. The van der Waals surface area contributed by atoms with Crippen molar-refractivity contribution in [3.63, 3.8) is 0 Å². The molecule has 0 saturated carbocycles. The van der Waals surface area contributed by atoms with Crippen LogP contribution < -0.4 is 0 Å². The van der Waals surface area contributed by atoms with Gasteiger partial charge >= 0.3 is 0 Å². The van der Waals surface area contributed by atoms with Crippen molar-refractivity contribution >= 4 is 11.3 Å². The molecule has 0 unspecified atom stereocenters. The first-order chi connectivity index (χ1) is 9.27. The summed E-state index contributed by atoms with van der Waals surface area (Å²) >= 11 is 1.64.